The van der Waals surface area contributed by atoms with E-state index >= 15 is 0 Å². The molecule has 104 valence electrons. The summed E-state index contributed by atoms with van der Waals surface area (Å²) in [6.45, 7) is 0. The molecule has 2 aliphatic carbocycles. The quantitative estimate of drug-likeness (QED) is 0.610. The second-order valence-electron chi connectivity index (χ2n) is 6.08. The highest BCUT2D eigenvalue weighted by Crippen LogP contribution is 2.52. The Bertz CT molecular complexity index is 563. The van der Waals surface area contributed by atoms with Gasteiger partial charge in [-0.2, -0.15) is 0 Å². The maximum absolute atomic E-state index is 12.4. The van der Waals surface area contributed by atoms with E-state index in [0.717, 1.165) is 17.9 Å². The number of rotatable bonds is 2. The van der Waals surface area contributed by atoms with Gasteiger partial charge in [-0.25, -0.2) is 0 Å². The molecule has 4 atom stereocenters. The number of β-lactam (4-membered cyclic amide) rings is 1. The number of benzene rings is 1. The van der Waals surface area contributed by atoms with Gasteiger partial charge in [0.2, 0.25) is 5.91 Å². The summed E-state index contributed by atoms with van der Waals surface area (Å²) in [5, 5.41) is 0. The van der Waals surface area contributed by atoms with Gasteiger partial charge >= 0.3 is 0 Å². The third kappa shape index (κ3) is 1.55. The van der Waals surface area contributed by atoms with Crippen molar-refractivity contribution in [2.45, 2.75) is 25.3 Å². The Morgan fingerprint density at radius 3 is 2.80 bits per heavy atom. The maximum Gasteiger partial charge on any atom is 0.232 e. The fourth-order valence-electron chi connectivity index (χ4n) is 4.20. The van der Waals surface area contributed by atoms with Crippen molar-refractivity contribution in [1.29, 1.82) is 0 Å². The largest absolute Gasteiger partial charge is 0.497 e. The van der Waals surface area contributed by atoms with Crippen LogP contribution in [0, 0.1) is 17.8 Å². The van der Waals surface area contributed by atoms with E-state index in [0.29, 0.717) is 23.8 Å². The van der Waals surface area contributed by atoms with Gasteiger partial charge in [0.1, 0.15) is 5.75 Å². The molecule has 1 saturated carbocycles. The lowest BCUT2D eigenvalue weighted by molar-refractivity contribution is -0.129. The first-order valence-corrected chi connectivity index (χ1v) is 7.43. The van der Waals surface area contributed by atoms with Crippen molar-refractivity contribution >= 4 is 11.6 Å². The highest BCUT2D eigenvalue weighted by Gasteiger charge is 2.58. The Morgan fingerprint density at radius 2 is 2.05 bits per heavy atom. The first-order chi connectivity index (χ1) is 9.79. The number of methoxy groups -OCH3 is 1. The van der Waals surface area contributed by atoms with Crippen LogP contribution in [0.4, 0.5) is 5.69 Å². The second-order valence-corrected chi connectivity index (χ2v) is 6.08. The van der Waals surface area contributed by atoms with E-state index in [1.807, 2.05) is 29.2 Å². The number of carbonyl (C=O) groups is 1. The molecular formula is C17H19NO2. The Labute approximate surface area is 119 Å². The molecule has 0 aromatic heterocycles. The van der Waals surface area contributed by atoms with Crippen LogP contribution in [0.3, 0.4) is 0 Å². The summed E-state index contributed by atoms with van der Waals surface area (Å²) < 4.78 is 5.19. The molecule has 1 amide bonds. The smallest absolute Gasteiger partial charge is 0.232 e. The molecule has 1 aromatic carbocycles. The first kappa shape index (κ1) is 12.0. The minimum absolute atomic E-state index is 0.259. The van der Waals surface area contributed by atoms with E-state index < -0.39 is 0 Å². The zero-order chi connectivity index (χ0) is 13.7. The normalized spacial score (nSPS) is 34.5. The predicted octanol–water partition coefficient (Wildman–Crippen LogP) is 3.01. The molecule has 1 aliphatic heterocycles. The zero-order valence-corrected chi connectivity index (χ0v) is 11.7. The molecule has 1 heterocycles. The highest BCUT2D eigenvalue weighted by molar-refractivity contribution is 6.03. The van der Waals surface area contributed by atoms with Crippen LogP contribution in [0.15, 0.2) is 36.4 Å². The number of allylic oxidation sites excluding steroid dienone is 1. The fourth-order valence-corrected chi connectivity index (χ4v) is 4.20. The van der Waals surface area contributed by atoms with Crippen LogP contribution in [-0.2, 0) is 4.79 Å². The Balaban J connectivity index is 1.63. The topological polar surface area (TPSA) is 29.5 Å². The molecule has 2 fully saturated rings. The molecule has 0 N–H and O–H groups in total. The van der Waals surface area contributed by atoms with Crippen molar-refractivity contribution < 1.29 is 9.53 Å². The standard InChI is InChI=1S/C17H19NO2/c1-20-13-8-6-12(7-9-13)18-16-14-5-3-2-4-11(14)10-15(16)17(18)19/h3,5-9,11,14-16H,2,4,10H2,1H3/t11-,14-,15-,16+/m1/s1. The van der Waals surface area contributed by atoms with Crippen LogP contribution in [0.1, 0.15) is 19.3 Å². The molecule has 1 aromatic rings. The first-order valence-electron chi connectivity index (χ1n) is 7.43. The molecule has 0 bridgehead atoms. The lowest BCUT2D eigenvalue weighted by Crippen LogP contribution is -2.61. The van der Waals surface area contributed by atoms with E-state index in [1.165, 1.54) is 12.8 Å². The van der Waals surface area contributed by atoms with Crippen LogP contribution in [0.25, 0.3) is 0 Å². The van der Waals surface area contributed by atoms with Gasteiger partial charge in [-0.15, -0.1) is 0 Å². The van der Waals surface area contributed by atoms with Gasteiger partial charge in [-0.3, -0.25) is 4.79 Å². The van der Waals surface area contributed by atoms with Crippen molar-refractivity contribution in [2.24, 2.45) is 17.8 Å². The Morgan fingerprint density at radius 1 is 1.25 bits per heavy atom. The average molecular weight is 269 g/mol. The minimum Gasteiger partial charge on any atom is -0.497 e. The SMILES string of the molecule is COc1ccc(N2C(=O)[C@@H]3C[C@H]4CCC=C[C@H]4[C@@H]32)cc1. The number of fused-ring (bicyclic) bond motifs is 3. The van der Waals surface area contributed by atoms with Gasteiger partial charge in [-0.05, 0) is 49.4 Å². The second kappa shape index (κ2) is 4.37. The molecular weight excluding hydrogens is 250 g/mol. The molecule has 1 saturated heterocycles. The van der Waals surface area contributed by atoms with Gasteiger partial charge in [0.15, 0.2) is 0 Å². The Hall–Kier alpha value is -1.77. The van der Waals surface area contributed by atoms with Gasteiger partial charge in [0.25, 0.3) is 0 Å². The molecule has 0 radical (unpaired) electrons. The van der Waals surface area contributed by atoms with Crippen LogP contribution in [0.5, 0.6) is 5.75 Å². The summed E-state index contributed by atoms with van der Waals surface area (Å²) >= 11 is 0. The number of ether oxygens (including phenoxy) is 1. The number of amides is 1. The lowest BCUT2D eigenvalue weighted by Gasteiger charge is -2.46. The molecule has 3 nitrogen and oxygen atoms in total. The molecule has 4 rings (SSSR count). The summed E-state index contributed by atoms with van der Waals surface area (Å²) in [5.74, 6) is 2.67. The van der Waals surface area contributed by atoms with E-state index in [2.05, 4.69) is 12.2 Å². The van der Waals surface area contributed by atoms with Crippen molar-refractivity contribution in [2.75, 3.05) is 12.0 Å². The summed E-state index contributed by atoms with van der Waals surface area (Å²) in [4.78, 5) is 14.4. The van der Waals surface area contributed by atoms with Crippen molar-refractivity contribution in [3.63, 3.8) is 0 Å². The van der Waals surface area contributed by atoms with Crippen LogP contribution in [-0.4, -0.2) is 19.1 Å². The van der Waals surface area contributed by atoms with E-state index in [1.54, 1.807) is 7.11 Å². The maximum atomic E-state index is 12.4. The molecule has 3 aliphatic rings. The predicted molar refractivity (Wildman–Crippen MR) is 77.7 cm³/mol. The van der Waals surface area contributed by atoms with Gasteiger partial charge in [-0.1, -0.05) is 12.2 Å². The molecule has 20 heavy (non-hydrogen) atoms. The molecule has 3 heteroatoms. The monoisotopic (exact) mass is 269 g/mol. The van der Waals surface area contributed by atoms with Crippen LogP contribution in [0.2, 0.25) is 0 Å². The summed E-state index contributed by atoms with van der Waals surface area (Å²) in [6.07, 6.45) is 8.15. The number of hydrogen-bond donors (Lipinski definition) is 0. The van der Waals surface area contributed by atoms with Crippen LogP contribution < -0.4 is 9.64 Å². The summed E-state index contributed by atoms with van der Waals surface area (Å²) in [6, 6.07) is 8.23. The molecule has 0 spiro atoms. The summed E-state index contributed by atoms with van der Waals surface area (Å²) in [5.41, 5.74) is 1.01. The van der Waals surface area contributed by atoms with Crippen molar-refractivity contribution in [3.8, 4) is 5.75 Å². The van der Waals surface area contributed by atoms with E-state index in [4.69, 9.17) is 4.74 Å². The minimum atomic E-state index is 0.259. The number of nitrogens with zero attached hydrogens (tertiary/aromatic N) is 1. The zero-order valence-electron chi connectivity index (χ0n) is 11.7. The van der Waals surface area contributed by atoms with E-state index in [9.17, 15) is 4.79 Å². The number of hydrogen-bond acceptors (Lipinski definition) is 2. The Kier molecular flexibility index (Phi) is 2.62. The lowest BCUT2D eigenvalue weighted by atomic mass is 9.82. The van der Waals surface area contributed by atoms with E-state index in [-0.39, 0.29) is 5.92 Å². The highest BCUT2D eigenvalue weighted by atomic mass is 16.5. The van der Waals surface area contributed by atoms with Crippen LogP contribution >= 0.6 is 0 Å². The number of anilines is 1. The van der Waals surface area contributed by atoms with Gasteiger partial charge in [0, 0.05) is 11.6 Å². The van der Waals surface area contributed by atoms with Gasteiger partial charge in [0.05, 0.1) is 19.1 Å². The van der Waals surface area contributed by atoms with Gasteiger partial charge < -0.3 is 9.64 Å². The fraction of sp³-hybridized carbons (Fsp3) is 0.471. The average Bonchev–Trinajstić information content (AvgIpc) is 2.83. The third-order valence-electron chi connectivity index (χ3n) is 5.17. The van der Waals surface area contributed by atoms with Crippen molar-refractivity contribution in [3.05, 3.63) is 36.4 Å². The summed E-state index contributed by atoms with van der Waals surface area (Å²) in [7, 11) is 1.66. The third-order valence-corrected chi connectivity index (χ3v) is 5.17. The molecule has 0 unspecified atom stereocenters. The van der Waals surface area contributed by atoms with Crippen molar-refractivity contribution in [1.82, 2.24) is 0 Å². The number of carbonyl (C=O) groups excluding carboxylic acids is 1.